The molecule has 1 atom stereocenters. The first-order chi connectivity index (χ1) is 12.1. The summed E-state index contributed by atoms with van der Waals surface area (Å²) in [7, 11) is 0. The molecule has 0 saturated heterocycles. The molecule has 26 heavy (non-hydrogen) atoms. The minimum absolute atomic E-state index is 0.445. The maximum atomic E-state index is 13.4. The summed E-state index contributed by atoms with van der Waals surface area (Å²) in [6.45, 7) is 0.497. The van der Waals surface area contributed by atoms with Gasteiger partial charge in [-0.25, -0.2) is 8.78 Å². The summed E-state index contributed by atoms with van der Waals surface area (Å²) in [5.74, 6) is -3.66. The van der Waals surface area contributed by atoms with Crippen molar-refractivity contribution in [1.82, 2.24) is 9.78 Å². The average Bonchev–Trinajstić information content (AvgIpc) is 2.99. The zero-order valence-corrected chi connectivity index (χ0v) is 13.2. The normalized spacial score (nSPS) is 12.5. The molecule has 11 heteroatoms. The van der Waals surface area contributed by atoms with Gasteiger partial charge in [0.15, 0.2) is 11.8 Å². The Bertz CT molecular complexity index is 819. The average molecular weight is 377 g/mol. The standard InChI is InChI=1S/C15H12F5N3O3/c1-8(14(25)21-11-6-9(16)2-3-10(11)17)26-13(24)7-23-5-4-12(22-23)15(18,19)20/h2-6,8H,7H2,1H3,(H,21,25). The molecule has 1 heterocycles. The zero-order valence-electron chi connectivity index (χ0n) is 13.2. The van der Waals surface area contributed by atoms with Gasteiger partial charge in [-0.2, -0.15) is 18.3 Å². The second kappa shape index (κ2) is 7.50. The molecule has 2 rings (SSSR count). The van der Waals surface area contributed by atoms with Crippen LogP contribution in [-0.4, -0.2) is 27.8 Å². The number of ether oxygens (including phenoxy) is 1. The minimum Gasteiger partial charge on any atom is -0.451 e. The molecular weight excluding hydrogens is 365 g/mol. The number of benzene rings is 1. The second-order valence-corrected chi connectivity index (χ2v) is 5.14. The van der Waals surface area contributed by atoms with Crippen LogP contribution in [0.4, 0.5) is 27.6 Å². The molecule has 0 aliphatic rings. The molecule has 140 valence electrons. The Morgan fingerprint density at radius 1 is 1.27 bits per heavy atom. The van der Waals surface area contributed by atoms with Gasteiger partial charge in [0.2, 0.25) is 0 Å². The number of anilines is 1. The van der Waals surface area contributed by atoms with Crippen molar-refractivity contribution < 1.29 is 36.3 Å². The third kappa shape index (κ3) is 5.01. The van der Waals surface area contributed by atoms with E-state index in [1.54, 1.807) is 0 Å². The Balaban J connectivity index is 1.92. The first kappa shape index (κ1) is 19.3. The summed E-state index contributed by atoms with van der Waals surface area (Å²) in [4.78, 5) is 23.5. The number of esters is 1. The molecule has 0 radical (unpaired) electrons. The number of amides is 1. The van der Waals surface area contributed by atoms with Gasteiger partial charge in [-0.3, -0.25) is 14.3 Å². The van der Waals surface area contributed by atoms with Gasteiger partial charge in [0.25, 0.3) is 5.91 Å². The van der Waals surface area contributed by atoms with Crippen molar-refractivity contribution in [1.29, 1.82) is 0 Å². The lowest BCUT2D eigenvalue weighted by Crippen LogP contribution is -2.31. The summed E-state index contributed by atoms with van der Waals surface area (Å²) in [5.41, 5.74) is -1.63. The van der Waals surface area contributed by atoms with E-state index in [1.807, 2.05) is 5.32 Å². The number of nitrogens with one attached hydrogen (secondary N) is 1. The Labute approximate surface area is 143 Å². The fourth-order valence-corrected chi connectivity index (χ4v) is 1.85. The maximum Gasteiger partial charge on any atom is 0.435 e. The van der Waals surface area contributed by atoms with Gasteiger partial charge in [-0.1, -0.05) is 0 Å². The quantitative estimate of drug-likeness (QED) is 0.643. The molecular formula is C15H12F5N3O3. The molecule has 1 unspecified atom stereocenters. The SMILES string of the molecule is CC(OC(=O)Cn1ccc(C(F)(F)F)n1)C(=O)Nc1cc(F)ccc1F. The van der Waals surface area contributed by atoms with Crippen LogP contribution in [0, 0.1) is 11.6 Å². The summed E-state index contributed by atoms with van der Waals surface area (Å²) >= 11 is 0. The van der Waals surface area contributed by atoms with E-state index in [9.17, 15) is 31.5 Å². The zero-order chi connectivity index (χ0) is 19.5. The Kier molecular flexibility index (Phi) is 5.58. The number of hydrogen-bond donors (Lipinski definition) is 1. The highest BCUT2D eigenvalue weighted by Gasteiger charge is 2.33. The third-order valence-corrected chi connectivity index (χ3v) is 3.09. The lowest BCUT2D eigenvalue weighted by atomic mass is 10.2. The Morgan fingerprint density at radius 2 is 1.96 bits per heavy atom. The van der Waals surface area contributed by atoms with Gasteiger partial charge < -0.3 is 10.1 Å². The van der Waals surface area contributed by atoms with Gasteiger partial charge in [-0.15, -0.1) is 0 Å². The number of halogens is 5. The van der Waals surface area contributed by atoms with Crippen LogP contribution in [0.15, 0.2) is 30.5 Å². The van der Waals surface area contributed by atoms with Gasteiger partial charge in [-0.05, 0) is 25.1 Å². The molecule has 0 aliphatic heterocycles. The van der Waals surface area contributed by atoms with Crippen molar-refractivity contribution in [3.8, 4) is 0 Å². The topological polar surface area (TPSA) is 73.2 Å². The van der Waals surface area contributed by atoms with E-state index >= 15 is 0 Å². The lowest BCUT2D eigenvalue weighted by Gasteiger charge is -2.14. The van der Waals surface area contributed by atoms with Gasteiger partial charge >= 0.3 is 12.1 Å². The number of alkyl halides is 3. The van der Waals surface area contributed by atoms with Crippen LogP contribution in [0.3, 0.4) is 0 Å². The van der Waals surface area contributed by atoms with Gasteiger partial charge in [0.1, 0.15) is 18.2 Å². The van der Waals surface area contributed by atoms with E-state index in [4.69, 9.17) is 4.74 Å². The number of carbonyl (C=O) groups excluding carboxylic acids is 2. The molecule has 0 spiro atoms. The highest BCUT2D eigenvalue weighted by Crippen LogP contribution is 2.27. The molecule has 1 aromatic heterocycles. The number of rotatable bonds is 5. The van der Waals surface area contributed by atoms with Gasteiger partial charge in [0.05, 0.1) is 5.69 Å². The van der Waals surface area contributed by atoms with Crippen LogP contribution >= 0.6 is 0 Å². The Hall–Kier alpha value is -2.98. The molecule has 0 saturated carbocycles. The summed E-state index contributed by atoms with van der Waals surface area (Å²) < 4.78 is 69.2. The van der Waals surface area contributed by atoms with Gasteiger partial charge in [0, 0.05) is 12.3 Å². The predicted octanol–water partition coefficient (Wildman–Crippen LogP) is 2.75. The van der Waals surface area contributed by atoms with Crippen molar-refractivity contribution in [3.63, 3.8) is 0 Å². The van der Waals surface area contributed by atoms with Crippen molar-refractivity contribution >= 4 is 17.6 Å². The van der Waals surface area contributed by atoms with Crippen molar-refractivity contribution in [2.45, 2.75) is 25.7 Å². The third-order valence-electron chi connectivity index (χ3n) is 3.09. The molecule has 2 aromatic rings. The van der Waals surface area contributed by atoms with E-state index in [2.05, 4.69) is 5.10 Å². The molecule has 1 aromatic carbocycles. The summed E-state index contributed by atoms with van der Waals surface area (Å²) in [6.07, 6.45) is -5.13. The van der Waals surface area contributed by atoms with E-state index in [1.165, 1.54) is 0 Å². The van der Waals surface area contributed by atoms with E-state index in [0.717, 1.165) is 31.3 Å². The van der Waals surface area contributed by atoms with Crippen molar-refractivity contribution in [2.75, 3.05) is 5.32 Å². The first-order valence-corrected chi connectivity index (χ1v) is 7.12. The predicted molar refractivity (Wildman–Crippen MR) is 77.8 cm³/mol. The fraction of sp³-hybridized carbons (Fsp3) is 0.267. The van der Waals surface area contributed by atoms with Crippen LogP contribution in [0.25, 0.3) is 0 Å². The number of aromatic nitrogens is 2. The number of nitrogens with zero attached hydrogens (tertiary/aromatic N) is 2. The fourth-order valence-electron chi connectivity index (χ4n) is 1.85. The van der Waals surface area contributed by atoms with Crippen LogP contribution in [0.1, 0.15) is 12.6 Å². The van der Waals surface area contributed by atoms with Crippen LogP contribution in [0.2, 0.25) is 0 Å². The molecule has 0 fully saturated rings. The van der Waals surface area contributed by atoms with Crippen LogP contribution < -0.4 is 5.32 Å². The second-order valence-electron chi connectivity index (χ2n) is 5.14. The van der Waals surface area contributed by atoms with E-state index in [-0.39, 0.29) is 0 Å². The van der Waals surface area contributed by atoms with E-state index in [0.29, 0.717) is 10.7 Å². The summed E-state index contributed by atoms with van der Waals surface area (Å²) in [5, 5.41) is 5.20. The van der Waals surface area contributed by atoms with Crippen molar-refractivity contribution in [2.24, 2.45) is 0 Å². The Morgan fingerprint density at radius 3 is 2.58 bits per heavy atom. The van der Waals surface area contributed by atoms with Crippen LogP contribution in [-0.2, 0) is 27.0 Å². The molecule has 6 nitrogen and oxygen atoms in total. The number of hydrogen-bond acceptors (Lipinski definition) is 4. The highest BCUT2D eigenvalue weighted by molar-refractivity contribution is 5.95. The largest absolute Gasteiger partial charge is 0.451 e. The van der Waals surface area contributed by atoms with E-state index < -0.39 is 53.7 Å². The monoisotopic (exact) mass is 377 g/mol. The van der Waals surface area contributed by atoms with Crippen LogP contribution in [0.5, 0.6) is 0 Å². The highest BCUT2D eigenvalue weighted by atomic mass is 19.4. The molecule has 0 aliphatic carbocycles. The molecule has 1 N–H and O–H groups in total. The smallest absolute Gasteiger partial charge is 0.435 e. The van der Waals surface area contributed by atoms with Crippen molar-refractivity contribution in [3.05, 3.63) is 47.8 Å². The molecule has 1 amide bonds. The maximum absolute atomic E-state index is 13.4. The summed E-state index contributed by atoms with van der Waals surface area (Å²) in [6, 6.07) is 3.08. The molecule has 0 bridgehead atoms. The minimum atomic E-state index is -4.66. The number of carbonyl (C=O) groups is 2. The lowest BCUT2D eigenvalue weighted by molar-refractivity contribution is -0.154. The first-order valence-electron chi connectivity index (χ1n) is 7.12.